The van der Waals surface area contributed by atoms with Gasteiger partial charge >= 0.3 is 6.36 Å². The van der Waals surface area contributed by atoms with Crippen LogP contribution in [-0.4, -0.2) is 15.9 Å². The summed E-state index contributed by atoms with van der Waals surface area (Å²) in [7, 11) is 1.82. The van der Waals surface area contributed by atoms with E-state index in [2.05, 4.69) is 31.0 Å². The topological polar surface area (TPSA) is 39.1 Å². The highest BCUT2D eigenvalue weighted by Gasteiger charge is 2.31. The van der Waals surface area contributed by atoms with Crippen LogP contribution >= 0.6 is 15.9 Å². The molecule has 20 heavy (non-hydrogen) atoms. The molecular weight excluding hydrogens is 339 g/mol. The standard InChI is InChI=1S/C12H11BrF3N3O/c1-7-6-19(2)11(17-7)18-8-3-4-10(9(13)5-8)20-12(14,15)16/h3-6H,1-2H3,(H,17,18). The highest BCUT2D eigenvalue weighted by Crippen LogP contribution is 2.33. The average Bonchev–Trinajstić information content (AvgIpc) is 2.60. The summed E-state index contributed by atoms with van der Waals surface area (Å²) < 4.78 is 42.3. The number of alkyl halides is 3. The summed E-state index contributed by atoms with van der Waals surface area (Å²) in [5.74, 6) is 0.304. The molecule has 0 fully saturated rings. The lowest BCUT2D eigenvalue weighted by atomic mass is 10.3. The molecule has 1 aromatic heterocycles. The number of aromatic nitrogens is 2. The van der Waals surface area contributed by atoms with Crippen molar-refractivity contribution in [2.24, 2.45) is 7.05 Å². The van der Waals surface area contributed by atoms with Crippen LogP contribution in [0.3, 0.4) is 0 Å². The number of ether oxygens (including phenoxy) is 1. The summed E-state index contributed by atoms with van der Waals surface area (Å²) in [6.45, 7) is 1.85. The minimum absolute atomic E-state index is 0.200. The molecule has 0 aliphatic carbocycles. The summed E-state index contributed by atoms with van der Waals surface area (Å²) in [6, 6.07) is 4.20. The Morgan fingerprint density at radius 1 is 1.35 bits per heavy atom. The number of aryl methyl sites for hydroxylation is 2. The number of nitrogens with zero attached hydrogens (tertiary/aromatic N) is 2. The first-order valence-electron chi connectivity index (χ1n) is 5.57. The molecular formula is C12H11BrF3N3O. The van der Waals surface area contributed by atoms with Crippen LogP contribution in [0.1, 0.15) is 5.69 Å². The van der Waals surface area contributed by atoms with Gasteiger partial charge in [-0.25, -0.2) is 4.98 Å². The van der Waals surface area contributed by atoms with Crippen molar-refractivity contribution in [3.05, 3.63) is 34.6 Å². The van der Waals surface area contributed by atoms with Gasteiger partial charge in [-0.3, -0.25) is 0 Å². The quantitative estimate of drug-likeness (QED) is 0.905. The van der Waals surface area contributed by atoms with E-state index in [1.807, 2.05) is 20.2 Å². The molecule has 8 heteroatoms. The molecule has 0 aliphatic heterocycles. The predicted molar refractivity (Wildman–Crippen MR) is 72.1 cm³/mol. The van der Waals surface area contributed by atoms with Gasteiger partial charge < -0.3 is 14.6 Å². The zero-order valence-corrected chi connectivity index (χ0v) is 12.2. The predicted octanol–water partition coefficient (Wildman–Crippen LogP) is 4.13. The van der Waals surface area contributed by atoms with E-state index in [-0.39, 0.29) is 10.2 Å². The van der Waals surface area contributed by atoms with E-state index < -0.39 is 6.36 Å². The first-order valence-corrected chi connectivity index (χ1v) is 6.36. The van der Waals surface area contributed by atoms with E-state index in [1.165, 1.54) is 18.2 Å². The third kappa shape index (κ3) is 3.66. The van der Waals surface area contributed by atoms with Crippen molar-refractivity contribution >= 4 is 27.6 Å². The van der Waals surface area contributed by atoms with Crippen LogP contribution in [0.5, 0.6) is 5.75 Å². The molecule has 0 spiro atoms. The van der Waals surface area contributed by atoms with Crippen molar-refractivity contribution in [3.63, 3.8) is 0 Å². The molecule has 1 N–H and O–H groups in total. The lowest BCUT2D eigenvalue weighted by molar-refractivity contribution is -0.274. The first-order chi connectivity index (χ1) is 9.24. The van der Waals surface area contributed by atoms with Crippen molar-refractivity contribution in [2.75, 3.05) is 5.32 Å². The van der Waals surface area contributed by atoms with Crippen molar-refractivity contribution in [1.29, 1.82) is 0 Å². The number of nitrogens with one attached hydrogen (secondary N) is 1. The third-order valence-corrected chi connectivity index (χ3v) is 3.03. The van der Waals surface area contributed by atoms with E-state index in [0.29, 0.717) is 11.6 Å². The molecule has 0 radical (unpaired) electrons. The Hall–Kier alpha value is -1.70. The number of hydrogen-bond acceptors (Lipinski definition) is 3. The molecule has 2 aromatic rings. The molecule has 0 saturated carbocycles. The van der Waals surface area contributed by atoms with Crippen LogP contribution < -0.4 is 10.1 Å². The molecule has 0 amide bonds. The minimum atomic E-state index is -4.71. The van der Waals surface area contributed by atoms with E-state index in [0.717, 1.165) is 5.69 Å². The van der Waals surface area contributed by atoms with Crippen LogP contribution in [0, 0.1) is 6.92 Å². The molecule has 0 unspecified atom stereocenters. The monoisotopic (exact) mass is 349 g/mol. The van der Waals surface area contributed by atoms with Crippen LogP contribution in [0.2, 0.25) is 0 Å². The zero-order chi connectivity index (χ0) is 14.9. The number of benzene rings is 1. The van der Waals surface area contributed by atoms with E-state index in [1.54, 1.807) is 4.57 Å². The molecule has 4 nitrogen and oxygen atoms in total. The van der Waals surface area contributed by atoms with Gasteiger partial charge in [-0.2, -0.15) is 0 Å². The summed E-state index contributed by atoms with van der Waals surface area (Å²) >= 11 is 3.04. The van der Waals surface area contributed by atoms with Crippen LogP contribution in [0.4, 0.5) is 24.8 Å². The Morgan fingerprint density at radius 2 is 2.05 bits per heavy atom. The van der Waals surface area contributed by atoms with Gasteiger partial charge in [0.25, 0.3) is 0 Å². The van der Waals surface area contributed by atoms with Gasteiger partial charge in [-0.05, 0) is 41.1 Å². The SMILES string of the molecule is Cc1cn(C)c(Nc2ccc(OC(F)(F)F)c(Br)c2)n1. The molecule has 0 saturated heterocycles. The summed E-state index contributed by atoms with van der Waals surface area (Å²) in [5.41, 5.74) is 1.44. The first kappa shape index (κ1) is 14.7. The Labute approximate surface area is 121 Å². The maximum absolute atomic E-state index is 12.2. The molecule has 0 aliphatic rings. The largest absolute Gasteiger partial charge is 0.573 e. The molecule has 1 heterocycles. The molecule has 108 valence electrons. The molecule has 1 aromatic carbocycles. The van der Waals surface area contributed by atoms with Crippen LogP contribution in [-0.2, 0) is 7.05 Å². The normalized spacial score (nSPS) is 11.5. The highest BCUT2D eigenvalue weighted by atomic mass is 79.9. The second kappa shape index (κ2) is 5.35. The fraction of sp³-hybridized carbons (Fsp3) is 0.250. The van der Waals surface area contributed by atoms with Gasteiger partial charge in [0.1, 0.15) is 5.75 Å². The van der Waals surface area contributed by atoms with Crippen molar-refractivity contribution in [2.45, 2.75) is 13.3 Å². The Kier molecular flexibility index (Phi) is 3.94. The van der Waals surface area contributed by atoms with Crippen LogP contribution in [0.15, 0.2) is 28.9 Å². The third-order valence-electron chi connectivity index (χ3n) is 2.41. The van der Waals surface area contributed by atoms with Crippen molar-refractivity contribution in [3.8, 4) is 5.75 Å². The number of rotatable bonds is 3. The number of anilines is 2. The smallest absolute Gasteiger partial charge is 0.405 e. The van der Waals surface area contributed by atoms with Crippen LogP contribution in [0.25, 0.3) is 0 Å². The lowest BCUT2D eigenvalue weighted by Crippen LogP contribution is -2.17. The van der Waals surface area contributed by atoms with E-state index >= 15 is 0 Å². The summed E-state index contributed by atoms with van der Waals surface area (Å²) in [4.78, 5) is 4.24. The average molecular weight is 350 g/mol. The zero-order valence-electron chi connectivity index (χ0n) is 10.6. The second-order valence-electron chi connectivity index (χ2n) is 4.13. The fourth-order valence-corrected chi connectivity index (χ4v) is 2.11. The fourth-order valence-electron chi connectivity index (χ4n) is 1.65. The van der Waals surface area contributed by atoms with Gasteiger partial charge in [-0.1, -0.05) is 0 Å². The van der Waals surface area contributed by atoms with E-state index in [9.17, 15) is 13.2 Å². The molecule has 0 bridgehead atoms. The highest BCUT2D eigenvalue weighted by molar-refractivity contribution is 9.10. The van der Waals surface area contributed by atoms with Gasteiger partial charge in [-0.15, -0.1) is 13.2 Å². The second-order valence-corrected chi connectivity index (χ2v) is 4.99. The number of imidazole rings is 1. The molecule has 2 rings (SSSR count). The van der Waals surface area contributed by atoms with Gasteiger partial charge in [0.05, 0.1) is 10.2 Å². The molecule has 0 atom stereocenters. The maximum Gasteiger partial charge on any atom is 0.573 e. The van der Waals surface area contributed by atoms with Gasteiger partial charge in [0, 0.05) is 18.9 Å². The maximum atomic E-state index is 12.2. The Balaban J connectivity index is 2.19. The lowest BCUT2D eigenvalue weighted by Gasteiger charge is -2.12. The Bertz CT molecular complexity index is 625. The van der Waals surface area contributed by atoms with Gasteiger partial charge in [0.2, 0.25) is 5.95 Å². The number of halogens is 4. The van der Waals surface area contributed by atoms with Crippen molar-refractivity contribution < 1.29 is 17.9 Å². The number of hydrogen-bond donors (Lipinski definition) is 1. The summed E-state index contributed by atoms with van der Waals surface area (Å²) in [5, 5.41) is 3.01. The van der Waals surface area contributed by atoms with Crippen molar-refractivity contribution in [1.82, 2.24) is 9.55 Å². The summed E-state index contributed by atoms with van der Waals surface area (Å²) in [6.07, 6.45) is -2.88. The van der Waals surface area contributed by atoms with E-state index in [4.69, 9.17) is 0 Å². The van der Waals surface area contributed by atoms with Gasteiger partial charge in [0.15, 0.2) is 0 Å². The Morgan fingerprint density at radius 3 is 2.55 bits per heavy atom. The minimum Gasteiger partial charge on any atom is -0.405 e.